The first-order valence-electron chi connectivity index (χ1n) is 10.3. The number of nitrogens with one attached hydrogen (secondary N) is 1. The van der Waals surface area contributed by atoms with Crippen LogP contribution in [0.4, 0.5) is 0 Å². The van der Waals surface area contributed by atoms with E-state index in [0.29, 0.717) is 31.1 Å². The van der Waals surface area contributed by atoms with Crippen LogP contribution >= 0.6 is 0 Å². The summed E-state index contributed by atoms with van der Waals surface area (Å²) in [6.45, 7) is 6.43. The molecule has 1 saturated carbocycles. The van der Waals surface area contributed by atoms with E-state index < -0.39 is 0 Å². The average Bonchev–Trinajstić information content (AvgIpc) is 3.12. The predicted molar refractivity (Wildman–Crippen MR) is 108 cm³/mol. The number of nitrogens with zero attached hydrogens (tertiary/aromatic N) is 3. The number of hydrogen-bond donors (Lipinski definition) is 1. The Bertz CT molecular complexity index is 484. The molecular formula is C20H38N4O3. The summed E-state index contributed by atoms with van der Waals surface area (Å²) >= 11 is 0. The van der Waals surface area contributed by atoms with Gasteiger partial charge in [0.1, 0.15) is 6.54 Å². The molecule has 2 fully saturated rings. The maximum atomic E-state index is 12.0. The van der Waals surface area contributed by atoms with E-state index in [4.69, 9.17) is 9.47 Å². The van der Waals surface area contributed by atoms with E-state index in [2.05, 4.69) is 22.1 Å². The molecule has 1 aliphatic carbocycles. The predicted octanol–water partition coefficient (Wildman–Crippen LogP) is 1.58. The van der Waals surface area contributed by atoms with Crippen molar-refractivity contribution >= 4 is 11.9 Å². The molecule has 0 aromatic heterocycles. The van der Waals surface area contributed by atoms with Crippen LogP contribution in [-0.2, 0) is 14.3 Å². The summed E-state index contributed by atoms with van der Waals surface area (Å²) < 4.78 is 10.7. The Morgan fingerprint density at radius 2 is 2.00 bits per heavy atom. The van der Waals surface area contributed by atoms with Gasteiger partial charge in [-0.05, 0) is 25.2 Å². The normalized spacial score (nSPS) is 26.3. The highest BCUT2D eigenvalue weighted by Crippen LogP contribution is 2.24. The fourth-order valence-electron chi connectivity index (χ4n) is 3.77. The maximum Gasteiger partial charge on any atom is 0.243 e. The molecule has 0 aromatic carbocycles. The van der Waals surface area contributed by atoms with Crippen molar-refractivity contribution in [3.8, 4) is 0 Å². The van der Waals surface area contributed by atoms with E-state index in [1.54, 1.807) is 26.1 Å². The standard InChI is InChI=1S/C20H38N4O3/c1-16-7-5-6-8-18(16)22-20(21-13-19(25)23(2)3)24-10-9-17(14-24)15-27-12-11-26-4/h16-18H,5-15H2,1-4H3,(H,21,22). The molecule has 7 nitrogen and oxygen atoms in total. The summed E-state index contributed by atoms with van der Waals surface area (Å²) in [4.78, 5) is 20.6. The fourth-order valence-corrected chi connectivity index (χ4v) is 3.77. The highest BCUT2D eigenvalue weighted by molar-refractivity contribution is 5.85. The van der Waals surface area contributed by atoms with Crippen molar-refractivity contribution in [2.75, 3.05) is 60.7 Å². The highest BCUT2D eigenvalue weighted by atomic mass is 16.5. The van der Waals surface area contributed by atoms with E-state index in [1.165, 1.54) is 25.7 Å². The molecule has 7 heteroatoms. The van der Waals surface area contributed by atoms with Crippen molar-refractivity contribution in [2.24, 2.45) is 16.8 Å². The third-order valence-electron chi connectivity index (χ3n) is 5.66. The van der Waals surface area contributed by atoms with Gasteiger partial charge < -0.3 is 24.6 Å². The molecule has 0 aromatic rings. The number of methoxy groups -OCH3 is 1. The minimum absolute atomic E-state index is 0.0321. The Hall–Kier alpha value is -1.34. The number of carbonyl (C=O) groups excluding carboxylic acids is 1. The lowest BCUT2D eigenvalue weighted by molar-refractivity contribution is -0.127. The van der Waals surface area contributed by atoms with Crippen molar-refractivity contribution in [1.82, 2.24) is 15.1 Å². The second-order valence-electron chi connectivity index (χ2n) is 8.11. The zero-order valence-corrected chi connectivity index (χ0v) is 17.6. The molecule has 1 heterocycles. The van der Waals surface area contributed by atoms with E-state index >= 15 is 0 Å². The monoisotopic (exact) mass is 382 g/mol. The smallest absolute Gasteiger partial charge is 0.243 e. The lowest BCUT2D eigenvalue weighted by atomic mass is 9.86. The zero-order valence-electron chi connectivity index (χ0n) is 17.6. The summed E-state index contributed by atoms with van der Waals surface area (Å²) in [6.07, 6.45) is 6.11. The number of rotatable bonds is 8. The SMILES string of the molecule is COCCOCC1CCN(C(=NCC(=O)N(C)C)NC2CCCCC2C)C1. The van der Waals surface area contributed by atoms with Crippen molar-refractivity contribution in [3.05, 3.63) is 0 Å². The molecule has 0 radical (unpaired) electrons. The van der Waals surface area contributed by atoms with Gasteiger partial charge in [0.15, 0.2) is 5.96 Å². The lowest BCUT2D eigenvalue weighted by Gasteiger charge is -2.33. The van der Waals surface area contributed by atoms with Gasteiger partial charge in [-0.2, -0.15) is 0 Å². The van der Waals surface area contributed by atoms with Gasteiger partial charge in [0.2, 0.25) is 5.91 Å². The number of likely N-dealkylation sites (tertiary alicyclic amines) is 1. The Balaban J connectivity index is 1.94. The molecule has 2 aliphatic rings. The number of ether oxygens (including phenoxy) is 2. The molecule has 0 bridgehead atoms. The summed E-state index contributed by atoms with van der Waals surface area (Å²) in [6, 6.07) is 0.448. The van der Waals surface area contributed by atoms with Crippen LogP contribution in [-0.4, -0.2) is 88.4 Å². The molecule has 1 amide bonds. The molecule has 27 heavy (non-hydrogen) atoms. The molecule has 3 atom stereocenters. The zero-order chi connectivity index (χ0) is 19.6. The quantitative estimate of drug-likeness (QED) is 0.392. The van der Waals surface area contributed by atoms with E-state index in [-0.39, 0.29) is 12.5 Å². The molecule has 1 aliphatic heterocycles. The van der Waals surface area contributed by atoms with E-state index in [1.807, 2.05) is 0 Å². The fraction of sp³-hybridized carbons (Fsp3) is 0.900. The molecule has 1 N–H and O–H groups in total. The first-order valence-corrected chi connectivity index (χ1v) is 10.3. The van der Waals surface area contributed by atoms with Gasteiger partial charge in [-0.1, -0.05) is 19.8 Å². The van der Waals surface area contributed by atoms with Crippen LogP contribution < -0.4 is 5.32 Å². The first kappa shape index (κ1) is 22.0. The van der Waals surface area contributed by atoms with Crippen LogP contribution in [0.15, 0.2) is 4.99 Å². The third-order valence-corrected chi connectivity index (χ3v) is 5.66. The lowest BCUT2D eigenvalue weighted by Crippen LogP contribution is -2.49. The largest absolute Gasteiger partial charge is 0.382 e. The minimum atomic E-state index is 0.0321. The Morgan fingerprint density at radius 3 is 2.70 bits per heavy atom. The number of carbonyl (C=O) groups is 1. The Labute approximate surface area is 164 Å². The summed E-state index contributed by atoms with van der Waals surface area (Å²) in [5.41, 5.74) is 0. The van der Waals surface area contributed by atoms with Gasteiger partial charge in [-0.15, -0.1) is 0 Å². The number of amides is 1. The van der Waals surface area contributed by atoms with E-state index in [9.17, 15) is 4.79 Å². The second kappa shape index (κ2) is 11.5. The number of hydrogen-bond acceptors (Lipinski definition) is 4. The Morgan fingerprint density at radius 1 is 1.22 bits per heavy atom. The van der Waals surface area contributed by atoms with E-state index in [0.717, 1.165) is 32.1 Å². The molecule has 0 spiro atoms. The summed E-state index contributed by atoms with van der Waals surface area (Å²) in [5.74, 6) is 2.07. The first-order chi connectivity index (χ1) is 13.0. The maximum absolute atomic E-state index is 12.0. The van der Waals surface area contributed by atoms with Crippen LogP contribution in [0.25, 0.3) is 0 Å². The Kier molecular flexibility index (Phi) is 9.34. The van der Waals surface area contributed by atoms with Crippen LogP contribution in [0, 0.1) is 11.8 Å². The van der Waals surface area contributed by atoms with Crippen LogP contribution in [0.5, 0.6) is 0 Å². The molecule has 1 saturated heterocycles. The summed E-state index contributed by atoms with van der Waals surface area (Å²) in [7, 11) is 5.24. The number of guanidine groups is 1. The molecule has 2 rings (SSSR count). The minimum Gasteiger partial charge on any atom is -0.382 e. The van der Waals surface area contributed by atoms with Gasteiger partial charge in [-0.3, -0.25) is 4.79 Å². The van der Waals surface area contributed by atoms with Crippen molar-refractivity contribution < 1.29 is 14.3 Å². The molecule has 3 unspecified atom stereocenters. The highest BCUT2D eigenvalue weighted by Gasteiger charge is 2.29. The van der Waals surface area contributed by atoms with Gasteiger partial charge >= 0.3 is 0 Å². The topological polar surface area (TPSA) is 66.4 Å². The van der Waals surface area contributed by atoms with Gasteiger partial charge in [0.05, 0.1) is 19.8 Å². The number of likely N-dealkylation sites (N-methyl/N-ethyl adjacent to an activating group) is 1. The van der Waals surface area contributed by atoms with Crippen LogP contribution in [0.1, 0.15) is 39.0 Å². The van der Waals surface area contributed by atoms with Gasteiger partial charge in [-0.25, -0.2) is 4.99 Å². The average molecular weight is 383 g/mol. The van der Waals surface area contributed by atoms with Gasteiger partial charge in [0, 0.05) is 46.3 Å². The second-order valence-corrected chi connectivity index (χ2v) is 8.11. The van der Waals surface area contributed by atoms with Crippen molar-refractivity contribution in [3.63, 3.8) is 0 Å². The molecule has 156 valence electrons. The van der Waals surface area contributed by atoms with Gasteiger partial charge in [0.25, 0.3) is 0 Å². The summed E-state index contributed by atoms with van der Waals surface area (Å²) in [5, 5.41) is 3.68. The third kappa shape index (κ3) is 7.30. The molecular weight excluding hydrogens is 344 g/mol. The van der Waals surface area contributed by atoms with Crippen molar-refractivity contribution in [2.45, 2.75) is 45.1 Å². The van der Waals surface area contributed by atoms with Crippen LogP contribution in [0.3, 0.4) is 0 Å². The van der Waals surface area contributed by atoms with Crippen molar-refractivity contribution in [1.29, 1.82) is 0 Å². The van der Waals surface area contributed by atoms with Crippen LogP contribution in [0.2, 0.25) is 0 Å². The number of aliphatic imine (C=N–C) groups is 1.